The van der Waals surface area contributed by atoms with Gasteiger partial charge in [0.2, 0.25) is 0 Å². The minimum Gasteiger partial charge on any atom is -0.356 e. The standard InChI is InChI=1S/C5H6O/c1-3-5-4(2)6-5/h1,4-5H,2H3/t4-,5+/m0/s1. The van der Waals surface area contributed by atoms with E-state index in [4.69, 9.17) is 11.2 Å². The fourth-order valence-corrected chi connectivity index (χ4v) is 0.361. The molecule has 0 unspecified atom stereocenters. The van der Waals surface area contributed by atoms with Gasteiger partial charge < -0.3 is 4.74 Å². The van der Waals surface area contributed by atoms with Crippen LogP contribution >= 0.6 is 0 Å². The molecule has 0 aromatic carbocycles. The van der Waals surface area contributed by atoms with Crippen LogP contribution in [0.3, 0.4) is 0 Å². The lowest BCUT2D eigenvalue weighted by molar-refractivity contribution is 0.404. The third kappa shape index (κ3) is 0.395. The summed E-state index contributed by atoms with van der Waals surface area (Å²) in [5, 5.41) is 0. The van der Waals surface area contributed by atoms with Crippen molar-refractivity contribution in [3.05, 3.63) is 0 Å². The van der Waals surface area contributed by atoms with Crippen LogP contribution in [0.15, 0.2) is 0 Å². The first-order valence-corrected chi connectivity index (χ1v) is 1.96. The Morgan fingerprint density at radius 3 is 2.33 bits per heavy atom. The van der Waals surface area contributed by atoms with Gasteiger partial charge in [-0.3, -0.25) is 0 Å². The fourth-order valence-electron chi connectivity index (χ4n) is 0.361. The first kappa shape index (κ1) is 3.70. The van der Waals surface area contributed by atoms with Gasteiger partial charge in [-0.25, -0.2) is 0 Å². The molecule has 0 aromatic rings. The molecule has 1 heterocycles. The first-order valence-electron chi connectivity index (χ1n) is 1.96. The van der Waals surface area contributed by atoms with E-state index in [9.17, 15) is 0 Å². The monoisotopic (exact) mass is 82.0 g/mol. The summed E-state index contributed by atoms with van der Waals surface area (Å²) in [4.78, 5) is 0. The van der Waals surface area contributed by atoms with Crippen LogP contribution < -0.4 is 0 Å². The summed E-state index contributed by atoms with van der Waals surface area (Å²) >= 11 is 0. The number of rotatable bonds is 0. The van der Waals surface area contributed by atoms with Gasteiger partial charge >= 0.3 is 0 Å². The zero-order chi connectivity index (χ0) is 4.57. The lowest BCUT2D eigenvalue weighted by Crippen LogP contribution is -1.78. The highest BCUT2D eigenvalue weighted by molar-refractivity contribution is 5.06. The predicted molar refractivity (Wildman–Crippen MR) is 23.2 cm³/mol. The van der Waals surface area contributed by atoms with E-state index in [1.807, 2.05) is 6.92 Å². The Bertz CT molecular complexity index is 90.6. The van der Waals surface area contributed by atoms with E-state index in [-0.39, 0.29) is 6.10 Å². The van der Waals surface area contributed by atoms with E-state index in [2.05, 4.69) is 5.92 Å². The second kappa shape index (κ2) is 0.990. The lowest BCUT2D eigenvalue weighted by atomic mass is 10.4. The number of hydrogen-bond donors (Lipinski definition) is 0. The van der Waals surface area contributed by atoms with Gasteiger partial charge in [0.1, 0.15) is 6.10 Å². The Kier molecular flexibility index (Phi) is 0.611. The third-order valence-electron chi connectivity index (χ3n) is 0.875. The number of epoxide rings is 1. The summed E-state index contributed by atoms with van der Waals surface area (Å²) < 4.78 is 4.83. The van der Waals surface area contributed by atoms with Crippen molar-refractivity contribution in [3.8, 4) is 12.3 Å². The van der Waals surface area contributed by atoms with Gasteiger partial charge in [0.05, 0.1) is 6.10 Å². The highest BCUT2D eigenvalue weighted by atomic mass is 16.6. The van der Waals surface area contributed by atoms with Crippen LogP contribution in [-0.4, -0.2) is 12.2 Å². The highest BCUT2D eigenvalue weighted by Crippen LogP contribution is 2.18. The van der Waals surface area contributed by atoms with E-state index in [1.165, 1.54) is 0 Å². The van der Waals surface area contributed by atoms with Crippen molar-refractivity contribution in [2.75, 3.05) is 0 Å². The molecule has 0 amide bonds. The highest BCUT2D eigenvalue weighted by Gasteiger charge is 2.31. The van der Waals surface area contributed by atoms with E-state index in [0.29, 0.717) is 6.10 Å². The average Bonchev–Trinajstić information content (AvgIpc) is 2.19. The van der Waals surface area contributed by atoms with E-state index < -0.39 is 0 Å². The minimum atomic E-state index is 0.130. The maximum Gasteiger partial charge on any atom is 0.144 e. The topological polar surface area (TPSA) is 12.5 Å². The van der Waals surface area contributed by atoms with Gasteiger partial charge in [0.15, 0.2) is 0 Å². The molecule has 1 aliphatic heterocycles. The average molecular weight is 82.1 g/mol. The second-order valence-corrected chi connectivity index (χ2v) is 1.43. The SMILES string of the molecule is C#C[C@H]1O[C@H]1C. The Morgan fingerprint density at radius 2 is 2.33 bits per heavy atom. The molecule has 0 aromatic heterocycles. The van der Waals surface area contributed by atoms with Crippen LogP contribution in [0.25, 0.3) is 0 Å². The zero-order valence-corrected chi connectivity index (χ0v) is 3.64. The molecule has 1 rings (SSSR count). The first-order chi connectivity index (χ1) is 2.84. The Morgan fingerprint density at radius 1 is 1.83 bits per heavy atom. The molecular formula is C5H6O. The van der Waals surface area contributed by atoms with Crippen LogP contribution in [0.2, 0.25) is 0 Å². The molecule has 1 saturated heterocycles. The third-order valence-corrected chi connectivity index (χ3v) is 0.875. The van der Waals surface area contributed by atoms with Gasteiger partial charge in [-0.15, -0.1) is 6.42 Å². The summed E-state index contributed by atoms with van der Waals surface area (Å²) in [6, 6.07) is 0. The molecule has 1 nitrogen and oxygen atoms in total. The largest absolute Gasteiger partial charge is 0.356 e. The zero-order valence-electron chi connectivity index (χ0n) is 3.64. The van der Waals surface area contributed by atoms with E-state index in [0.717, 1.165) is 0 Å². The second-order valence-electron chi connectivity index (χ2n) is 1.43. The molecule has 0 spiro atoms. The van der Waals surface area contributed by atoms with Gasteiger partial charge in [-0.2, -0.15) is 0 Å². The van der Waals surface area contributed by atoms with Crippen LogP contribution in [0, 0.1) is 12.3 Å². The molecule has 6 heavy (non-hydrogen) atoms. The summed E-state index contributed by atoms with van der Waals surface area (Å²) in [7, 11) is 0. The van der Waals surface area contributed by atoms with Gasteiger partial charge in [-0.05, 0) is 6.92 Å². The molecule has 0 N–H and O–H groups in total. The molecule has 0 radical (unpaired) electrons. The van der Waals surface area contributed by atoms with Crippen molar-refractivity contribution in [2.45, 2.75) is 19.1 Å². The van der Waals surface area contributed by atoms with Gasteiger partial charge in [0.25, 0.3) is 0 Å². The van der Waals surface area contributed by atoms with Crippen molar-refractivity contribution in [1.29, 1.82) is 0 Å². The molecule has 0 aliphatic carbocycles. The molecule has 1 heteroatoms. The van der Waals surface area contributed by atoms with E-state index in [1.54, 1.807) is 0 Å². The Labute approximate surface area is 37.3 Å². The van der Waals surface area contributed by atoms with Gasteiger partial charge in [0, 0.05) is 0 Å². The van der Waals surface area contributed by atoms with Gasteiger partial charge in [-0.1, -0.05) is 5.92 Å². The maximum atomic E-state index is 4.95. The normalized spacial score (nSPS) is 41.3. The molecule has 1 fully saturated rings. The summed E-state index contributed by atoms with van der Waals surface area (Å²) in [5.74, 6) is 2.47. The molecular weight excluding hydrogens is 76.1 g/mol. The van der Waals surface area contributed by atoms with E-state index >= 15 is 0 Å². The Balaban J connectivity index is 2.31. The summed E-state index contributed by atoms with van der Waals surface area (Å²) in [6.45, 7) is 1.96. The van der Waals surface area contributed by atoms with Crippen LogP contribution in [0.4, 0.5) is 0 Å². The van der Waals surface area contributed by atoms with Crippen LogP contribution in [0.5, 0.6) is 0 Å². The molecule has 1 aliphatic rings. The minimum absolute atomic E-state index is 0.130. The molecule has 2 atom stereocenters. The molecule has 32 valence electrons. The lowest BCUT2D eigenvalue weighted by Gasteiger charge is -1.59. The predicted octanol–water partition coefficient (Wildman–Crippen LogP) is 0.407. The quantitative estimate of drug-likeness (QED) is 0.304. The summed E-state index contributed by atoms with van der Waals surface area (Å²) in [5.41, 5.74) is 0. The van der Waals surface area contributed by atoms with Crippen molar-refractivity contribution in [2.24, 2.45) is 0 Å². The van der Waals surface area contributed by atoms with Crippen LogP contribution in [0.1, 0.15) is 6.92 Å². The summed E-state index contributed by atoms with van der Waals surface area (Å²) in [6.07, 6.45) is 5.41. The maximum absolute atomic E-state index is 4.95. The fraction of sp³-hybridized carbons (Fsp3) is 0.600. The van der Waals surface area contributed by atoms with Crippen molar-refractivity contribution in [3.63, 3.8) is 0 Å². The van der Waals surface area contributed by atoms with Crippen LogP contribution in [-0.2, 0) is 4.74 Å². The molecule has 0 saturated carbocycles. The molecule has 0 bridgehead atoms. The Hall–Kier alpha value is -0.480. The smallest absolute Gasteiger partial charge is 0.144 e. The van der Waals surface area contributed by atoms with Crippen molar-refractivity contribution < 1.29 is 4.74 Å². The number of hydrogen-bond acceptors (Lipinski definition) is 1. The number of terminal acetylenes is 1. The number of ether oxygens (including phenoxy) is 1. The van der Waals surface area contributed by atoms with Crippen molar-refractivity contribution >= 4 is 0 Å². The van der Waals surface area contributed by atoms with Crippen molar-refractivity contribution in [1.82, 2.24) is 0 Å².